The van der Waals surface area contributed by atoms with Gasteiger partial charge in [0.15, 0.2) is 0 Å². The van der Waals surface area contributed by atoms with Crippen molar-refractivity contribution in [3.05, 3.63) is 29.8 Å². The van der Waals surface area contributed by atoms with E-state index in [1.54, 1.807) is 12.2 Å². The normalized spacial score (nSPS) is 20.6. The molecule has 146 valence electrons. The molecule has 1 aliphatic heterocycles. The van der Waals surface area contributed by atoms with E-state index in [1.165, 1.54) is 22.5 Å². The molecule has 1 heterocycles. The number of hydrogen-bond acceptors (Lipinski definition) is 4. The van der Waals surface area contributed by atoms with Crippen LogP contribution in [0.25, 0.3) is 0 Å². The molecule has 1 saturated heterocycles. The van der Waals surface area contributed by atoms with Crippen molar-refractivity contribution < 1.29 is 26.4 Å². The first-order chi connectivity index (χ1) is 12.0. The largest absolute Gasteiger partial charge is 0.405 e. The Bertz CT molecular complexity index is 751. The van der Waals surface area contributed by atoms with Gasteiger partial charge in [0.1, 0.15) is 6.54 Å². The van der Waals surface area contributed by atoms with E-state index in [4.69, 9.17) is 5.73 Å². The van der Waals surface area contributed by atoms with Crippen molar-refractivity contribution in [2.75, 3.05) is 13.1 Å². The van der Waals surface area contributed by atoms with Gasteiger partial charge in [0, 0.05) is 24.2 Å². The lowest BCUT2D eigenvalue weighted by atomic mass is 10.00. The zero-order valence-electron chi connectivity index (χ0n) is 14.3. The van der Waals surface area contributed by atoms with Crippen LogP contribution < -0.4 is 11.1 Å². The molecule has 3 N–H and O–H groups in total. The third-order valence-corrected chi connectivity index (χ3v) is 6.18. The number of halogens is 3. The number of sulfonamides is 1. The number of nitrogens with two attached hydrogens (primary N) is 1. The highest BCUT2D eigenvalue weighted by atomic mass is 32.2. The third kappa shape index (κ3) is 4.95. The Morgan fingerprint density at radius 3 is 2.69 bits per heavy atom. The van der Waals surface area contributed by atoms with Crippen molar-refractivity contribution in [3.8, 4) is 0 Å². The van der Waals surface area contributed by atoms with Gasteiger partial charge in [0.25, 0.3) is 5.91 Å². The fourth-order valence-corrected chi connectivity index (χ4v) is 4.79. The van der Waals surface area contributed by atoms with Gasteiger partial charge in [-0.25, -0.2) is 8.42 Å². The van der Waals surface area contributed by atoms with Gasteiger partial charge in [-0.15, -0.1) is 0 Å². The summed E-state index contributed by atoms with van der Waals surface area (Å²) in [5.41, 5.74) is 5.77. The lowest BCUT2D eigenvalue weighted by Crippen LogP contribution is -2.51. The Hall–Kier alpha value is -1.65. The Morgan fingerprint density at radius 1 is 1.38 bits per heavy atom. The van der Waals surface area contributed by atoms with Gasteiger partial charge in [0.2, 0.25) is 10.0 Å². The number of piperidine rings is 1. The first-order valence-corrected chi connectivity index (χ1v) is 9.69. The van der Waals surface area contributed by atoms with E-state index >= 15 is 0 Å². The Labute approximate surface area is 150 Å². The molecule has 2 unspecified atom stereocenters. The maximum Gasteiger partial charge on any atom is 0.405 e. The number of hydrogen-bond donors (Lipinski definition) is 2. The predicted octanol–water partition coefficient (Wildman–Crippen LogP) is 1.87. The number of rotatable bonds is 5. The molecule has 10 heteroatoms. The van der Waals surface area contributed by atoms with Crippen LogP contribution >= 0.6 is 0 Å². The second kappa shape index (κ2) is 7.93. The molecule has 0 saturated carbocycles. The number of carbonyl (C=O) groups is 1. The van der Waals surface area contributed by atoms with Gasteiger partial charge < -0.3 is 11.1 Å². The number of benzene rings is 1. The van der Waals surface area contributed by atoms with Gasteiger partial charge in [-0.3, -0.25) is 4.79 Å². The zero-order chi connectivity index (χ0) is 19.5. The molecule has 0 bridgehead atoms. The molecule has 1 aromatic carbocycles. The van der Waals surface area contributed by atoms with Crippen molar-refractivity contribution in [1.29, 1.82) is 0 Å². The Kier molecular flexibility index (Phi) is 6.30. The highest BCUT2D eigenvalue weighted by molar-refractivity contribution is 7.89. The summed E-state index contributed by atoms with van der Waals surface area (Å²) < 4.78 is 63.9. The number of carbonyl (C=O) groups excluding carboxylic acids is 1. The number of amides is 1. The van der Waals surface area contributed by atoms with Crippen LogP contribution in [-0.2, 0) is 10.0 Å². The molecule has 0 aliphatic carbocycles. The van der Waals surface area contributed by atoms with Crippen molar-refractivity contribution >= 4 is 15.9 Å². The maximum absolute atomic E-state index is 13.0. The highest BCUT2D eigenvalue weighted by Gasteiger charge is 2.35. The third-order valence-electron chi connectivity index (χ3n) is 4.26. The summed E-state index contributed by atoms with van der Waals surface area (Å²) in [4.78, 5) is 11.7. The molecule has 2 rings (SSSR count). The summed E-state index contributed by atoms with van der Waals surface area (Å²) in [6.07, 6.45) is -2.33. The average Bonchev–Trinajstić information content (AvgIpc) is 2.59. The molecule has 0 radical (unpaired) electrons. The molecule has 1 aromatic rings. The lowest BCUT2D eigenvalue weighted by Gasteiger charge is -2.36. The summed E-state index contributed by atoms with van der Waals surface area (Å²) in [5, 5.41) is 1.73. The standard InChI is InChI=1S/C16H22F3N3O3S/c1-11(20)14-7-2-3-8-22(14)26(24,25)13-6-4-5-12(9-13)15(23)21-10-16(17,18)19/h4-6,9,11,14H,2-3,7-8,10,20H2,1H3,(H,21,23). The van der Waals surface area contributed by atoms with E-state index < -0.39 is 28.7 Å². The van der Waals surface area contributed by atoms with Crippen LogP contribution in [0.1, 0.15) is 36.5 Å². The number of nitrogens with zero attached hydrogens (tertiary/aromatic N) is 1. The minimum absolute atomic E-state index is 0.135. The van der Waals surface area contributed by atoms with E-state index in [0.29, 0.717) is 19.4 Å². The summed E-state index contributed by atoms with van der Waals surface area (Å²) in [5.74, 6) is -0.984. The minimum atomic E-state index is -4.54. The first kappa shape index (κ1) is 20.7. The number of nitrogens with one attached hydrogen (secondary N) is 1. The second-order valence-corrected chi connectivity index (χ2v) is 8.25. The van der Waals surface area contributed by atoms with E-state index in [2.05, 4.69) is 0 Å². The Balaban J connectivity index is 2.26. The van der Waals surface area contributed by atoms with Crippen LogP contribution in [0.15, 0.2) is 29.2 Å². The van der Waals surface area contributed by atoms with Gasteiger partial charge >= 0.3 is 6.18 Å². The molecule has 6 nitrogen and oxygen atoms in total. The SMILES string of the molecule is CC(N)C1CCCCN1S(=O)(=O)c1cccc(C(=O)NCC(F)(F)F)c1. The van der Waals surface area contributed by atoms with E-state index in [-0.39, 0.29) is 22.5 Å². The second-order valence-electron chi connectivity index (χ2n) is 6.36. The molecule has 1 amide bonds. The molecule has 0 aromatic heterocycles. The molecule has 0 spiro atoms. The van der Waals surface area contributed by atoms with Crippen LogP contribution in [0.4, 0.5) is 13.2 Å². The fourth-order valence-electron chi connectivity index (χ4n) is 2.97. The summed E-state index contributed by atoms with van der Waals surface area (Å²) in [6.45, 7) is 0.570. The van der Waals surface area contributed by atoms with E-state index in [1.807, 2.05) is 0 Å². The van der Waals surface area contributed by atoms with Crippen LogP contribution in [0.3, 0.4) is 0 Å². The Morgan fingerprint density at radius 2 is 2.08 bits per heavy atom. The summed E-state index contributed by atoms with van der Waals surface area (Å²) in [7, 11) is -3.90. The summed E-state index contributed by atoms with van der Waals surface area (Å²) >= 11 is 0. The molecule has 1 fully saturated rings. The van der Waals surface area contributed by atoms with Gasteiger partial charge in [-0.1, -0.05) is 12.5 Å². The zero-order valence-corrected chi connectivity index (χ0v) is 15.1. The van der Waals surface area contributed by atoms with Crippen molar-refractivity contribution in [3.63, 3.8) is 0 Å². The molecular weight excluding hydrogens is 371 g/mol. The molecule has 26 heavy (non-hydrogen) atoms. The van der Waals surface area contributed by atoms with Crippen LogP contribution in [-0.4, -0.2) is 50.0 Å². The molecular formula is C16H22F3N3O3S. The van der Waals surface area contributed by atoms with Crippen LogP contribution in [0, 0.1) is 0 Å². The smallest absolute Gasteiger partial charge is 0.343 e. The van der Waals surface area contributed by atoms with Crippen molar-refractivity contribution in [1.82, 2.24) is 9.62 Å². The fraction of sp³-hybridized carbons (Fsp3) is 0.562. The quantitative estimate of drug-likeness (QED) is 0.799. The molecule has 2 atom stereocenters. The predicted molar refractivity (Wildman–Crippen MR) is 90.0 cm³/mol. The van der Waals surface area contributed by atoms with Gasteiger partial charge in [-0.05, 0) is 38.0 Å². The summed E-state index contributed by atoms with van der Waals surface area (Å²) in [6, 6.07) is 4.31. The number of alkyl halides is 3. The first-order valence-electron chi connectivity index (χ1n) is 8.25. The van der Waals surface area contributed by atoms with Crippen LogP contribution in [0.5, 0.6) is 0 Å². The topological polar surface area (TPSA) is 92.5 Å². The minimum Gasteiger partial charge on any atom is -0.343 e. The van der Waals surface area contributed by atoms with Gasteiger partial charge in [0.05, 0.1) is 4.90 Å². The van der Waals surface area contributed by atoms with Gasteiger partial charge in [-0.2, -0.15) is 17.5 Å². The lowest BCUT2D eigenvalue weighted by molar-refractivity contribution is -0.123. The molecule has 1 aliphatic rings. The monoisotopic (exact) mass is 393 g/mol. The maximum atomic E-state index is 13.0. The highest BCUT2D eigenvalue weighted by Crippen LogP contribution is 2.27. The van der Waals surface area contributed by atoms with Crippen molar-refractivity contribution in [2.45, 2.75) is 49.3 Å². The van der Waals surface area contributed by atoms with Crippen LogP contribution in [0.2, 0.25) is 0 Å². The van der Waals surface area contributed by atoms with E-state index in [9.17, 15) is 26.4 Å². The van der Waals surface area contributed by atoms with Crippen molar-refractivity contribution in [2.24, 2.45) is 5.73 Å². The average molecular weight is 393 g/mol. The van der Waals surface area contributed by atoms with E-state index in [0.717, 1.165) is 12.5 Å².